The quantitative estimate of drug-likeness (QED) is 0.645. The number of nitrogens with zero attached hydrogens (tertiary/aromatic N) is 3. The van der Waals surface area contributed by atoms with Crippen molar-refractivity contribution in [1.82, 2.24) is 20.1 Å². The molecule has 1 aromatic heterocycles. The normalized spacial score (nSPS) is 14.7. The monoisotopic (exact) mass is 380 g/mol. The minimum Gasteiger partial charge on any atom is -0.346 e. The molecule has 0 radical (unpaired) electrons. The molecule has 2 aromatic rings. The van der Waals surface area contributed by atoms with E-state index in [1.807, 2.05) is 30.3 Å². The first-order valence-corrected chi connectivity index (χ1v) is 9.36. The highest BCUT2D eigenvalue weighted by Crippen LogP contribution is 2.17. The maximum atomic E-state index is 12.5. The third-order valence-electron chi connectivity index (χ3n) is 4.56. The van der Waals surface area contributed by atoms with Gasteiger partial charge in [0.15, 0.2) is 0 Å². The van der Waals surface area contributed by atoms with Crippen LogP contribution in [0.1, 0.15) is 19.4 Å². The maximum Gasteiger partial charge on any atom is 0.312 e. The molecule has 1 aliphatic rings. The maximum absolute atomic E-state index is 12.5. The van der Waals surface area contributed by atoms with E-state index in [9.17, 15) is 14.4 Å². The van der Waals surface area contributed by atoms with E-state index >= 15 is 0 Å². The van der Waals surface area contributed by atoms with E-state index in [2.05, 4.69) is 10.3 Å². The summed E-state index contributed by atoms with van der Waals surface area (Å²) in [7, 11) is 0. The number of carbonyl (C=O) groups excluding carboxylic acids is 3. The lowest BCUT2D eigenvalue weighted by Gasteiger charge is -2.33. The van der Waals surface area contributed by atoms with Gasteiger partial charge in [-0.25, -0.2) is 0 Å². The van der Waals surface area contributed by atoms with Crippen LogP contribution in [0.4, 0.5) is 0 Å². The summed E-state index contributed by atoms with van der Waals surface area (Å²) in [5.74, 6) is -1.26. The summed E-state index contributed by atoms with van der Waals surface area (Å²) in [5, 5.41) is 3.62. The van der Waals surface area contributed by atoms with Gasteiger partial charge in [0.25, 0.3) is 0 Å². The molecular weight excluding hydrogens is 356 g/mol. The zero-order valence-corrected chi connectivity index (χ0v) is 16.1. The van der Waals surface area contributed by atoms with E-state index in [4.69, 9.17) is 0 Å². The minimum atomic E-state index is -0.599. The molecule has 1 fully saturated rings. The third kappa shape index (κ3) is 4.54. The highest BCUT2D eigenvalue weighted by molar-refractivity contribution is 6.35. The van der Waals surface area contributed by atoms with Crippen molar-refractivity contribution < 1.29 is 14.4 Å². The molecule has 1 aliphatic heterocycles. The molecule has 7 heteroatoms. The van der Waals surface area contributed by atoms with Gasteiger partial charge >= 0.3 is 11.8 Å². The third-order valence-corrected chi connectivity index (χ3v) is 4.56. The number of benzene rings is 1. The van der Waals surface area contributed by atoms with E-state index in [0.29, 0.717) is 26.2 Å². The van der Waals surface area contributed by atoms with Gasteiger partial charge in [-0.15, -0.1) is 0 Å². The Kier molecular flexibility index (Phi) is 6.03. The Hall–Kier alpha value is -3.22. The number of para-hydroxylation sites is 1. The average molecular weight is 380 g/mol. The van der Waals surface area contributed by atoms with Crippen LogP contribution in [0.5, 0.6) is 0 Å². The molecule has 0 unspecified atom stereocenters. The van der Waals surface area contributed by atoms with Crippen LogP contribution in [0.15, 0.2) is 42.6 Å². The number of rotatable bonds is 3. The van der Waals surface area contributed by atoms with Crippen molar-refractivity contribution >= 4 is 34.7 Å². The topological polar surface area (TPSA) is 82.6 Å². The molecule has 1 saturated heterocycles. The zero-order chi connectivity index (χ0) is 20.1. The molecule has 1 aromatic carbocycles. The van der Waals surface area contributed by atoms with Crippen LogP contribution in [0.25, 0.3) is 17.0 Å². The molecule has 28 heavy (non-hydrogen) atoms. The van der Waals surface area contributed by atoms with E-state index < -0.39 is 11.8 Å². The van der Waals surface area contributed by atoms with E-state index in [0.717, 1.165) is 16.5 Å². The van der Waals surface area contributed by atoms with Crippen molar-refractivity contribution in [3.05, 3.63) is 48.2 Å². The van der Waals surface area contributed by atoms with E-state index in [1.165, 1.54) is 11.0 Å². The van der Waals surface area contributed by atoms with Crippen molar-refractivity contribution in [2.75, 3.05) is 26.2 Å². The SMILES string of the molecule is CC(C)NC(=O)C(=O)N1CCN(C(=O)/C=C/c2cccc3cccnc23)CC1. The fourth-order valence-electron chi connectivity index (χ4n) is 3.13. The number of amides is 3. The summed E-state index contributed by atoms with van der Waals surface area (Å²) in [6.45, 7) is 5.11. The molecular formula is C21H24N4O3. The lowest BCUT2D eigenvalue weighted by atomic mass is 10.1. The molecule has 146 valence electrons. The van der Waals surface area contributed by atoms with Crippen LogP contribution in [0.3, 0.4) is 0 Å². The largest absolute Gasteiger partial charge is 0.346 e. The molecule has 3 rings (SSSR count). The molecule has 7 nitrogen and oxygen atoms in total. The van der Waals surface area contributed by atoms with Crippen molar-refractivity contribution in [2.45, 2.75) is 19.9 Å². The summed E-state index contributed by atoms with van der Waals surface area (Å²) in [5.41, 5.74) is 1.73. The Morgan fingerprint density at radius 3 is 2.43 bits per heavy atom. The Labute approximate surface area is 164 Å². The van der Waals surface area contributed by atoms with Crippen molar-refractivity contribution in [1.29, 1.82) is 0 Å². The lowest BCUT2D eigenvalue weighted by molar-refractivity contribution is -0.148. The van der Waals surface area contributed by atoms with Crippen LogP contribution in [0, 0.1) is 0 Å². The second-order valence-electron chi connectivity index (χ2n) is 7.00. The minimum absolute atomic E-state index is 0.0898. The zero-order valence-electron chi connectivity index (χ0n) is 16.1. The van der Waals surface area contributed by atoms with Crippen molar-refractivity contribution in [3.8, 4) is 0 Å². The van der Waals surface area contributed by atoms with Crippen LogP contribution >= 0.6 is 0 Å². The first-order valence-electron chi connectivity index (χ1n) is 9.36. The highest BCUT2D eigenvalue weighted by atomic mass is 16.2. The number of nitrogens with one attached hydrogen (secondary N) is 1. The first-order chi connectivity index (χ1) is 13.5. The fraction of sp³-hybridized carbons (Fsp3) is 0.333. The Bertz CT molecular complexity index is 910. The Balaban J connectivity index is 1.59. The number of hydrogen-bond acceptors (Lipinski definition) is 4. The van der Waals surface area contributed by atoms with Gasteiger partial charge in [0.1, 0.15) is 0 Å². The summed E-state index contributed by atoms with van der Waals surface area (Å²) in [6, 6.07) is 9.60. The smallest absolute Gasteiger partial charge is 0.312 e. The standard InChI is InChI=1S/C21H24N4O3/c1-15(2)23-20(27)21(28)25-13-11-24(12-14-25)18(26)9-8-17-6-3-5-16-7-4-10-22-19(16)17/h3-10,15H,11-14H2,1-2H3,(H,23,27)/b9-8+. The second-order valence-corrected chi connectivity index (χ2v) is 7.00. The lowest BCUT2D eigenvalue weighted by Crippen LogP contribution is -2.54. The molecule has 0 saturated carbocycles. The molecule has 0 aliphatic carbocycles. The van der Waals surface area contributed by atoms with Gasteiger partial charge in [-0.1, -0.05) is 24.3 Å². The van der Waals surface area contributed by atoms with Gasteiger partial charge in [-0.3, -0.25) is 19.4 Å². The van der Waals surface area contributed by atoms with Gasteiger partial charge in [0, 0.05) is 55.4 Å². The molecule has 0 bridgehead atoms. The van der Waals surface area contributed by atoms with Crippen LogP contribution < -0.4 is 5.32 Å². The van der Waals surface area contributed by atoms with E-state index in [1.54, 1.807) is 31.0 Å². The molecule has 2 heterocycles. The van der Waals surface area contributed by atoms with E-state index in [-0.39, 0.29) is 11.9 Å². The van der Waals surface area contributed by atoms with Crippen molar-refractivity contribution in [2.24, 2.45) is 0 Å². The highest BCUT2D eigenvalue weighted by Gasteiger charge is 2.27. The summed E-state index contributed by atoms with van der Waals surface area (Å²) < 4.78 is 0. The number of fused-ring (bicyclic) bond motifs is 1. The van der Waals surface area contributed by atoms with Gasteiger partial charge in [-0.2, -0.15) is 0 Å². The number of pyridine rings is 1. The number of hydrogen-bond donors (Lipinski definition) is 1. The second kappa shape index (κ2) is 8.65. The molecule has 0 atom stereocenters. The van der Waals surface area contributed by atoms with Crippen LogP contribution in [0.2, 0.25) is 0 Å². The predicted molar refractivity (Wildman–Crippen MR) is 107 cm³/mol. The number of carbonyl (C=O) groups is 3. The number of piperazine rings is 1. The summed E-state index contributed by atoms with van der Waals surface area (Å²) in [6.07, 6.45) is 5.03. The van der Waals surface area contributed by atoms with Crippen LogP contribution in [-0.2, 0) is 14.4 Å². The molecule has 0 spiro atoms. The average Bonchev–Trinajstić information content (AvgIpc) is 2.71. The first kappa shape index (κ1) is 19.5. The Morgan fingerprint density at radius 2 is 1.71 bits per heavy atom. The Morgan fingerprint density at radius 1 is 1.04 bits per heavy atom. The molecule has 1 N–H and O–H groups in total. The van der Waals surface area contributed by atoms with Gasteiger partial charge < -0.3 is 15.1 Å². The van der Waals surface area contributed by atoms with Gasteiger partial charge in [0.05, 0.1) is 5.52 Å². The predicted octanol–water partition coefficient (Wildman–Crippen LogP) is 1.44. The van der Waals surface area contributed by atoms with Crippen LogP contribution in [-0.4, -0.2) is 64.7 Å². The van der Waals surface area contributed by atoms with Gasteiger partial charge in [0.2, 0.25) is 5.91 Å². The molecule has 3 amide bonds. The fourth-order valence-corrected chi connectivity index (χ4v) is 3.13. The van der Waals surface area contributed by atoms with Crippen molar-refractivity contribution in [3.63, 3.8) is 0 Å². The number of aromatic nitrogens is 1. The van der Waals surface area contributed by atoms with Gasteiger partial charge in [-0.05, 0) is 26.0 Å². The summed E-state index contributed by atoms with van der Waals surface area (Å²) in [4.78, 5) is 44.0. The summed E-state index contributed by atoms with van der Waals surface area (Å²) >= 11 is 0.